The van der Waals surface area contributed by atoms with Crippen molar-refractivity contribution in [3.8, 4) is 0 Å². The molecule has 0 saturated carbocycles. The van der Waals surface area contributed by atoms with Crippen LogP contribution in [0, 0.1) is 0 Å². The summed E-state index contributed by atoms with van der Waals surface area (Å²) in [5.41, 5.74) is 1.33. The molecule has 1 rings (SSSR count). The Hall–Kier alpha value is -1.36. The molecule has 0 N–H and O–H groups in total. The molecule has 1 aromatic heterocycles. The quantitative estimate of drug-likeness (QED) is 0.703. The molecule has 0 atom stereocenters. The Morgan fingerprint density at radius 2 is 2.12 bits per heavy atom. The van der Waals surface area contributed by atoms with E-state index >= 15 is 0 Å². The number of methoxy groups -OCH3 is 1. The zero-order valence-electron chi connectivity index (χ0n) is 10.4. The van der Waals surface area contributed by atoms with E-state index in [-0.39, 0.29) is 5.97 Å². The summed E-state index contributed by atoms with van der Waals surface area (Å²) in [6.45, 7) is 6.73. The van der Waals surface area contributed by atoms with Crippen LogP contribution in [0.15, 0.2) is 6.20 Å². The van der Waals surface area contributed by atoms with E-state index in [9.17, 15) is 4.79 Å². The van der Waals surface area contributed by atoms with Crippen molar-refractivity contribution in [3.63, 3.8) is 0 Å². The first-order valence-electron chi connectivity index (χ1n) is 5.45. The van der Waals surface area contributed by atoms with E-state index < -0.39 is 0 Å². The highest BCUT2D eigenvalue weighted by Gasteiger charge is 2.17. The molecule has 0 spiro atoms. The van der Waals surface area contributed by atoms with Crippen LogP contribution in [-0.2, 0) is 18.3 Å². The summed E-state index contributed by atoms with van der Waals surface area (Å²) in [6.07, 6.45) is 1.70. The lowest BCUT2D eigenvalue weighted by atomic mass is 10.2. The first-order chi connectivity index (χ1) is 7.62. The number of nitrogens with zero attached hydrogens (tertiary/aromatic N) is 3. The Balaban J connectivity index is 2.90. The zero-order chi connectivity index (χ0) is 12.1. The number of rotatable bonds is 5. The number of aromatic nitrogens is 2. The van der Waals surface area contributed by atoms with Gasteiger partial charge in [-0.25, -0.2) is 4.79 Å². The molecule has 0 saturated heterocycles. The van der Waals surface area contributed by atoms with Gasteiger partial charge in [0, 0.05) is 19.8 Å². The second kappa shape index (κ2) is 5.65. The molecule has 1 heterocycles. The minimum atomic E-state index is -0.324. The lowest BCUT2D eigenvalue weighted by Crippen LogP contribution is -2.23. The van der Waals surface area contributed by atoms with Gasteiger partial charge in [0.15, 0.2) is 0 Å². The standard InChI is InChI=1S/C11H19N3O2/c1-5-14(6-2)8-10-9(11(15)16-4)7-13(3)12-10/h7H,5-6,8H2,1-4H3. The van der Waals surface area contributed by atoms with Crippen LogP contribution in [0.2, 0.25) is 0 Å². The second-order valence-electron chi connectivity index (χ2n) is 3.62. The van der Waals surface area contributed by atoms with Crippen molar-refractivity contribution in [2.75, 3.05) is 20.2 Å². The van der Waals surface area contributed by atoms with Crippen molar-refractivity contribution in [2.24, 2.45) is 7.05 Å². The number of carbonyl (C=O) groups excluding carboxylic acids is 1. The van der Waals surface area contributed by atoms with Crippen molar-refractivity contribution in [3.05, 3.63) is 17.5 Å². The molecule has 0 unspecified atom stereocenters. The molecule has 16 heavy (non-hydrogen) atoms. The van der Waals surface area contributed by atoms with Crippen molar-refractivity contribution >= 4 is 5.97 Å². The van der Waals surface area contributed by atoms with Crippen LogP contribution in [0.5, 0.6) is 0 Å². The maximum atomic E-state index is 11.5. The van der Waals surface area contributed by atoms with Gasteiger partial charge in [0.25, 0.3) is 0 Å². The van der Waals surface area contributed by atoms with Gasteiger partial charge in [0.2, 0.25) is 0 Å². The smallest absolute Gasteiger partial charge is 0.341 e. The van der Waals surface area contributed by atoms with Crippen LogP contribution in [0.25, 0.3) is 0 Å². The predicted octanol–water partition coefficient (Wildman–Crippen LogP) is 1.05. The number of hydrogen-bond donors (Lipinski definition) is 0. The molecule has 90 valence electrons. The topological polar surface area (TPSA) is 47.4 Å². The summed E-state index contributed by atoms with van der Waals surface area (Å²) in [4.78, 5) is 13.7. The minimum absolute atomic E-state index is 0.324. The summed E-state index contributed by atoms with van der Waals surface area (Å²) in [6, 6.07) is 0. The Labute approximate surface area is 96.0 Å². The van der Waals surface area contributed by atoms with E-state index in [0.717, 1.165) is 18.8 Å². The molecular formula is C11H19N3O2. The Morgan fingerprint density at radius 3 is 2.62 bits per heavy atom. The van der Waals surface area contributed by atoms with Gasteiger partial charge in [-0.3, -0.25) is 9.58 Å². The third-order valence-electron chi connectivity index (χ3n) is 2.58. The molecule has 0 aliphatic rings. The first kappa shape index (κ1) is 12.7. The van der Waals surface area contributed by atoms with E-state index in [1.807, 2.05) is 0 Å². The Bertz CT molecular complexity index is 356. The summed E-state index contributed by atoms with van der Waals surface area (Å²) >= 11 is 0. The Morgan fingerprint density at radius 1 is 1.50 bits per heavy atom. The SMILES string of the molecule is CCN(CC)Cc1nn(C)cc1C(=O)OC. The van der Waals surface area contributed by atoms with Crippen molar-refractivity contribution in [1.29, 1.82) is 0 Å². The molecule has 0 radical (unpaired) electrons. The van der Waals surface area contributed by atoms with Gasteiger partial charge in [0.05, 0.1) is 12.8 Å². The van der Waals surface area contributed by atoms with Crippen LogP contribution >= 0.6 is 0 Å². The molecule has 0 aliphatic heterocycles. The van der Waals surface area contributed by atoms with Gasteiger partial charge in [-0.1, -0.05) is 13.8 Å². The molecule has 0 aromatic carbocycles. The summed E-state index contributed by atoms with van der Waals surface area (Å²) in [7, 11) is 3.19. The van der Waals surface area contributed by atoms with Crippen molar-refractivity contribution in [1.82, 2.24) is 14.7 Å². The first-order valence-corrected chi connectivity index (χ1v) is 5.45. The summed E-state index contributed by atoms with van der Waals surface area (Å²) in [5, 5.41) is 4.29. The lowest BCUT2D eigenvalue weighted by Gasteiger charge is -2.16. The normalized spacial score (nSPS) is 10.8. The molecule has 1 aromatic rings. The predicted molar refractivity (Wildman–Crippen MR) is 61.2 cm³/mol. The van der Waals surface area contributed by atoms with Gasteiger partial charge in [-0.05, 0) is 13.1 Å². The minimum Gasteiger partial charge on any atom is -0.465 e. The van der Waals surface area contributed by atoms with Gasteiger partial charge >= 0.3 is 5.97 Å². The van der Waals surface area contributed by atoms with E-state index in [1.54, 1.807) is 17.9 Å². The van der Waals surface area contributed by atoms with E-state index in [4.69, 9.17) is 4.74 Å². The summed E-state index contributed by atoms with van der Waals surface area (Å²) in [5.74, 6) is -0.324. The number of aryl methyl sites for hydroxylation is 1. The molecule has 0 aliphatic carbocycles. The highest BCUT2D eigenvalue weighted by molar-refractivity contribution is 5.90. The second-order valence-corrected chi connectivity index (χ2v) is 3.62. The number of ether oxygens (including phenoxy) is 1. The van der Waals surface area contributed by atoms with E-state index in [2.05, 4.69) is 23.8 Å². The third-order valence-corrected chi connectivity index (χ3v) is 2.58. The molecule has 0 amide bonds. The molecule has 5 heteroatoms. The van der Waals surface area contributed by atoms with Crippen molar-refractivity contribution in [2.45, 2.75) is 20.4 Å². The Kier molecular flexibility index (Phi) is 4.49. The number of hydrogen-bond acceptors (Lipinski definition) is 4. The number of esters is 1. The van der Waals surface area contributed by atoms with Gasteiger partial charge < -0.3 is 4.74 Å². The van der Waals surface area contributed by atoms with Gasteiger partial charge in [-0.2, -0.15) is 5.10 Å². The fraction of sp³-hybridized carbons (Fsp3) is 0.636. The van der Waals surface area contributed by atoms with Crippen LogP contribution in [0.4, 0.5) is 0 Å². The van der Waals surface area contributed by atoms with Gasteiger partial charge in [0.1, 0.15) is 5.56 Å². The molecular weight excluding hydrogens is 206 g/mol. The highest BCUT2D eigenvalue weighted by Crippen LogP contribution is 2.10. The zero-order valence-corrected chi connectivity index (χ0v) is 10.4. The monoisotopic (exact) mass is 225 g/mol. The molecule has 0 bridgehead atoms. The summed E-state index contributed by atoms with van der Waals surface area (Å²) < 4.78 is 6.37. The molecule has 5 nitrogen and oxygen atoms in total. The maximum Gasteiger partial charge on any atom is 0.341 e. The lowest BCUT2D eigenvalue weighted by molar-refractivity contribution is 0.0598. The van der Waals surface area contributed by atoms with Crippen LogP contribution < -0.4 is 0 Å². The largest absolute Gasteiger partial charge is 0.465 e. The maximum absolute atomic E-state index is 11.5. The van der Waals surface area contributed by atoms with Gasteiger partial charge in [-0.15, -0.1) is 0 Å². The average molecular weight is 225 g/mol. The van der Waals surface area contributed by atoms with E-state index in [1.165, 1.54) is 7.11 Å². The van der Waals surface area contributed by atoms with Crippen LogP contribution in [-0.4, -0.2) is 40.8 Å². The van der Waals surface area contributed by atoms with E-state index in [0.29, 0.717) is 12.1 Å². The third kappa shape index (κ3) is 2.82. The number of carbonyl (C=O) groups is 1. The average Bonchev–Trinajstić information content (AvgIpc) is 2.66. The van der Waals surface area contributed by atoms with Crippen molar-refractivity contribution < 1.29 is 9.53 Å². The highest BCUT2D eigenvalue weighted by atomic mass is 16.5. The fourth-order valence-electron chi connectivity index (χ4n) is 1.59. The fourth-order valence-corrected chi connectivity index (χ4v) is 1.59. The van der Waals surface area contributed by atoms with Crippen LogP contribution in [0.1, 0.15) is 29.9 Å². The molecule has 0 fully saturated rings. The van der Waals surface area contributed by atoms with Crippen LogP contribution in [0.3, 0.4) is 0 Å².